The van der Waals surface area contributed by atoms with Gasteiger partial charge in [-0.3, -0.25) is 4.90 Å². The molecule has 0 radical (unpaired) electrons. The molecule has 2 aliphatic heterocycles. The minimum atomic E-state index is -3.20. The molecule has 3 rings (SSSR count). The Morgan fingerprint density at radius 1 is 1.16 bits per heavy atom. The quantitative estimate of drug-likeness (QED) is 0.840. The van der Waals surface area contributed by atoms with Gasteiger partial charge in [0.25, 0.3) is 0 Å². The highest BCUT2D eigenvalue weighted by atomic mass is 35.5. The molecule has 0 spiro atoms. The van der Waals surface area contributed by atoms with Gasteiger partial charge in [-0.2, -0.15) is 0 Å². The lowest BCUT2D eigenvalue weighted by molar-refractivity contribution is 0.0694. The third kappa shape index (κ3) is 4.00. The number of halogens is 1. The van der Waals surface area contributed by atoms with Crippen LogP contribution in [-0.4, -0.2) is 60.1 Å². The molecule has 0 saturated carbocycles. The molecule has 0 aromatic heterocycles. The average molecular weight is 387 g/mol. The van der Waals surface area contributed by atoms with Crippen LogP contribution in [0.2, 0.25) is 5.02 Å². The zero-order valence-corrected chi connectivity index (χ0v) is 15.6. The molecule has 1 aromatic rings. The molecule has 0 aliphatic carbocycles. The van der Waals surface area contributed by atoms with Crippen LogP contribution in [0.25, 0.3) is 0 Å². The molecule has 1 aromatic carbocycles. The van der Waals surface area contributed by atoms with E-state index in [9.17, 15) is 18.3 Å². The maximum absolute atomic E-state index is 12.7. The van der Waals surface area contributed by atoms with Crippen molar-refractivity contribution in [3.05, 3.63) is 34.3 Å². The number of carboxylic acid groups (broad SMARTS) is 1. The van der Waals surface area contributed by atoms with Gasteiger partial charge >= 0.3 is 5.97 Å². The van der Waals surface area contributed by atoms with Gasteiger partial charge < -0.3 is 5.11 Å². The number of hydrogen-bond acceptors (Lipinski definition) is 4. The third-order valence-electron chi connectivity index (χ3n) is 5.11. The predicted molar refractivity (Wildman–Crippen MR) is 96.4 cm³/mol. The number of sulfonamides is 1. The summed E-state index contributed by atoms with van der Waals surface area (Å²) in [5.74, 6) is -0.996. The van der Waals surface area contributed by atoms with Crippen molar-refractivity contribution in [3.8, 4) is 0 Å². The highest BCUT2D eigenvalue weighted by Gasteiger charge is 2.36. The van der Waals surface area contributed by atoms with Gasteiger partial charge in [-0.15, -0.1) is 0 Å². The number of rotatable bonds is 5. The number of likely N-dealkylation sites (tertiary alicyclic amines) is 1. The second kappa shape index (κ2) is 7.61. The summed E-state index contributed by atoms with van der Waals surface area (Å²) >= 11 is 6.19. The van der Waals surface area contributed by atoms with E-state index in [-0.39, 0.29) is 10.8 Å². The summed E-state index contributed by atoms with van der Waals surface area (Å²) in [6.07, 6.45) is 3.04. The monoisotopic (exact) mass is 386 g/mol. The van der Waals surface area contributed by atoms with Crippen molar-refractivity contribution >= 4 is 27.6 Å². The van der Waals surface area contributed by atoms with E-state index in [1.807, 2.05) is 0 Å². The van der Waals surface area contributed by atoms with Crippen LogP contribution in [0.15, 0.2) is 18.2 Å². The second-order valence-corrected chi connectivity index (χ2v) is 9.32. The smallest absolute Gasteiger partial charge is 0.336 e. The van der Waals surface area contributed by atoms with Crippen LogP contribution in [0.3, 0.4) is 0 Å². The molecule has 2 fully saturated rings. The van der Waals surface area contributed by atoms with Gasteiger partial charge in [-0.05, 0) is 56.5 Å². The summed E-state index contributed by atoms with van der Waals surface area (Å²) < 4.78 is 26.9. The van der Waals surface area contributed by atoms with Gasteiger partial charge in [0.15, 0.2) is 0 Å². The molecule has 0 amide bonds. The van der Waals surface area contributed by atoms with Crippen molar-refractivity contribution < 1.29 is 18.3 Å². The van der Waals surface area contributed by atoms with Crippen LogP contribution in [0.4, 0.5) is 0 Å². The van der Waals surface area contributed by atoms with Crippen molar-refractivity contribution in [3.63, 3.8) is 0 Å². The van der Waals surface area contributed by atoms with Gasteiger partial charge in [0, 0.05) is 24.7 Å². The minimum Gasteiger partial charge on any atom is -0.478 e. The molecule has 8 heteroatoms. The van der Waals surface area contributed by atoms with Crippen LogP contribution in [0.1, 0.15) is 41.6 Å². The highest BCUT2D eigenvalue weighted by Crippen LogP contribution is 2.27. The zero-order chi connectivity index (χ0) is 18.0. The largest absolute Gasteiger partial charge is 0.478 e. The minimum absolute atomic E-state index is 0.208. The van der Waals surface area contributed by atoms with Gasteiger partial charge in [0.05, 0.1) is 10.8 Å². The van der Waals surface area contributed by atoms with Gasteiger partial charge in [0.1, 0.15) is 0 Å². The summed E-state index contributed by atoms with van der Waals surface area (Å²) in [6.45, 7) is 2.97. The van der Waals surface area contributed by atoms with Crippen LogP contribution in [0.5, 0.6) is 0 Å². The summed E-state index contributed by atoms with van der Waals surface area (Å²) in [5.41, 5.74) is 0.803. The summed E-state index contributed by atoms with van der Waals surface area (Å²) in [4.78, 5) is 13.5. The number of aromatic carboxylic acids is 1. The SMILES string of the molecule is O=C(O)c1cccc(Cl)c1CN1CCC(S(=O)(=O)N2CCCC2)CC1. The fourth-order valence-corrected chi connectivity index (χ4v) is 5.89. The topological polar surface area (TPSA) is 77.9 Å². The number of piperidine rings is 1. The molecule has 6 nitrogen and oxygen atoms in total. The average Bonchev–Trinajstić information content (AvgIpc) is 3.12. The fraction of sp³-hybridized carbons (Fsp3) is 0.588. The van der Waals surface area contributed by atoms with Crippen molar-refractivity contribution in [1.82, 2.24) is 9.21 Å². The first-order chi connectivity index (χ1) is 11.9. The van der Waals surface area contributed by atoms with E-state index in [1.165, 1.54) is 0 Å². The van der Waals surface area contributed by atoms with Gasteiger partial charge in [0.2, 0.25) is 10.0 Å². The van der Waals surface area contributed by atoms with Crippen molar-refractivity contribution in [2.75, 3.05) is 26.2 Å². The van der Waals surface area contributed by atoms with E-state index in [4.69, 9.17) is 11.6 Å². The van der Waals surface area contributed by atoms with Crippen LogP contribution in [-0.2, 0) is 16.6 Å². The highest BCUT2D eigenvalue weighted by molar-refractivity contribution is 7.89. The van der Waals surface area contributed by atoms with Crippen molar-refractivity contribution in [2.45, 2.75) is 37.5 Å². The van der Waals surface area contributed by atoms with Crippen LogP contribution < -0.4 is 0 Å². The van der Waals surface area contributed by atoms with E-state index >= 15 is 0 Å². The lowest BCUT2D eigenvalue weighted by Crippen LogP contribution is -2.44. The zero-order valence-electron chi connectivity index (χ0n) is 14.0. The summed E-state index contributed by atoms with van der Waals surface area (Å²) in [6, 6.07) is 4.87. The lowest BCUT2D eigenvalue weighted by atomic mass is 10.0. The molecule has 0 unspecified atom stereocenters. The molecule has 2 saturated heterocycles. The van der Waals surface area contributed by atoms with Crippen LogP contribution in [0, 0.1) is 0 Å². The number of nitrogens with zero attached hydrogens (tertiary/aromatic N) is 2. The molecule has 138 valence electrons. The molecular weight excluding hydrogens is 364 g/mol. The van der Waals surface area contributed by atoms with Gasteiger partial charge in [-0.1, -0.05) is 17.7 Å². The Morgan fingerprint density at radius 3 is 2.40 bits per heavy atom. The van der Waals surface area contributed by atoms with E-state index in [2.05, 4.69) is 4.90 Å². The van der Waals surface area contributed by atoms with Crippen LogP contribution >= 0.6 is 11.6 Å². The molecule has 2 aliphatic rings. The molecular formula is C17H23ClN2O4S. The maximum Gasteiger partial charge on any atom is 0.336 e. The van der Waals surface area contributed by atoms with E-state index in [1.54, 1.807) is 22.5 Å². The number of hydrogen-bond donors (Lipinski definition) is 1. The molecule has 1 N–H and O–H groups in total. The van der Waals surface area contributed by atoms with Crippen molar-refractivity contribution in [1.29, 1.82) is 0 Å². The maximum atomic E-state index is 12.7. The third-order valence-corrected chi connectivity index (χ3v) is 7.86. The Morgan fingerprint density at radius 2 is 1.80 bits per heavy atom. The van der Waals surface area contributed by atoms with Gasteiger partial charge in [-0.25, -0.2) is 17.5 Å². The normalized spacial score (nSPS) is 20.8. The molecule has 0 bridgehead atoms. The molecule has 25 heavy (non-hydrogen) atoms. The lowest BCUT2D eigenvalue weighted by Gasteiger charge is -2.33. The Bertz CT molecular complexity index is 739. The Labute approximate surface area is 153 Å². The van der Waals surface area contributed by atoms with Crippen molar-refractivity contribution in [2.24, 2.45) is 0 Å². The number of benzene rings is 1. The van der Waals surface area contributed by atoms with E-state index in [0.29, 0.717) is 56.2 Å². The Hall–Kier alpha value is -1.15. The first-order valence-corrected chi connectivity index (χ1v) is 10.5. The molecule has 2 heterocycles. The Kier molecular flexibility index (Phi) is 5.68. The number of carboxylic acids is 1. The molecule has 0 atom stereocenters. The Balaban J connectivity index is 1.65. The second-order valence-electron chi connectivity index (χ2n) is 6.70. The standard InChI is InChI=1S/C17H23ClN2O4S/c18-16-5-3-4-14(17(21)22)15(16)12-19-10-6-13(7-11-19)25(23,24)20-8-1-2-9-20/h3-5,13H,1-2,6-12H2,(H,21,22). The van der Waals surface area contributed by atoms with E-state index < -0.39 is 16.0 Å². The van der Waals surface area contributed by atoms with E-state index in [0.717, 1.165) is 12.8 Å². The number of carbonyl (C=O) groups is 1. The first-order valence-electron chi connectivity index (χ1n) is 8.61. The summed E-state index contributed by atoms with van der Waals surface area (Å²) in [5, 5.41) is 9.44. The fourth-order valence-electron chi connectivity index (χ4n) is 3.66. The predicted octanol–water partition coefficient (Wildman–Crippen LogP) is 2.43. The first kappa shape index (κ1) is 18.6. The summed E-state index contributed by atoms with van der Waals surface area (Å²) in [7, 11) is -3.20.